The van der Waals surface area contributed by atoms with Crippen molar-refractivity contribution in [3.63, 3.8) is 0 Å². The number of benzene rings is 1. The first-order valence-corrected chi connectivity index (χ1v) is 11.6. The Labute approximate surface area is 168 Å². The van der Waals surface area contributed by atoms with Crippen LogP contribution in [0.15, 0.2) is 11.0 Å². The van der Waals surface area contributed by atoms with Crippen LogP contribution in [-0.4, -0.2) is 51.5 Å². The molecule has 156 valence electrons. The van der Waals surface area contributed by atoms with Gasteiger partial charge in [-0.1, -0.05) is 6.07 Å². The van der Waals surface area contributed by atoms with Gasteiger partial charge >= 0.3 is 0 Å². The van der Waals surface area contributed by atoms with Crippen molar-refractivity contribution in [2.75, 3.05) is 32.8 Å². The molecule has 1 amide bonds. The third-order valence-electron chi connectivity index (χ3n) is 6.31. The number of carbonyl (C=O) groups is 1. The average molecular weight is 409 g/mol. The Hall–Kier alpha value is -1.44. The summed E-state index contributed by atoms with van der Waals surface area (Å²) in [7, 11) is -3.56. The van der Waals surface area contributed by atoms with E-state index in [0.717, 1.165) is 35.3 Å². The first kappa shape index (κ1) is 21.3. The second-order valence-electron chi connectivity index (χ2n) is 8.24. The quantitative estimate of drug-likeness (QED) is 0.812. The van der Waals surface area contributed by atoms with Crippen LogP contribution in [0.25, 0.3) is 0 Å². The molecule has 0 spiro atoms. The Balaban J connectivity index is 1.65. The van der Waals surface area contributed by atoms with Crippen LogP contribution in [0.2, 0.25) is 0 Å². The second kappa shape index (κ2) is 8.51. The van der Waals surface area contributed by atoms with Crippen LogP contribution in [0.3, 0.4) is 0 Å². The maximum atomic E-state index is 13.3. The van der Waals surface area contributed by atoms with Gasteiger partial charge in [-0.25, -0.2) is 8.42 Å². The summed E-state index contributed by atoms with van der Waals surface area (Å²) in [5, 5.41) is 3.03. The number of nitrogens with zero attached hydrogens (tertiary/aromatic N) is 1. The van der Waals surface area contributed by atoms with Crippen molar-refractivity contribution in [1.82, 2.24) is 9.62 Å². The lowest BCUT2D eigenvalue weighted by molar-refractivity contribution is -0.126. The number of carbonyl (C=O) groups excluding carboxylic acids is 1. The van der Waals surface area contributed by atoms with Crippen molar-refractivity contribution in [2.45, 2.75) is 51.9 Å². The monoisotopic (exact) mass is 408 g/mol. The molecule has 2 aliphatic rings. The molecular weight excluding hydrogens is 376 g/mol. The fraction of sp³-hybridized carbons (Fsp3) is 0.667. The molecule has 0 aromatic heterocycles. The number of nitrogens with one attached hydrogen (secondary N) is 1. The highest BCUT2D eigenvalue weighted by molar-refractivity contribution is 7.89. The normalized spacial score (nSPS) is 21.8. The van der Waals surface area contributed by atoms with Gasteiger partial charge in [0.2, 0.25) is 15.9 Å². The summed E-state index contributed by atoms with van der Waals surface area (Å²) >= 11 is 0. The van der Waals surface area contributed by atoms with Gasteiger partial charge in [0, 0.05) is 38.1 Å². The molecule has 1 atom stereocenters. The van der Waals surface area contributed by atoms with E-state index in [2.05, 4.69) is 5.32 Å². The average Bonchev–Trinajstić information content (AvgIpc) is 3.18. The minimum atomic E-state index is -3.56. The number of ether oxygens (including phenoxy) is 1. The first-order chi connectivity index (χ1) is 13.2. The Morgan fingerprint density at radius 2 is 1.71 bits per heavy atom. The van der Waals surface area contributed by atoms with E-state index in [4.69, 9.17) is 4.74 Å². The summed E-state index contributed by atoms with van der Waals surface area (Å²) in [5.74, 6) is 0.331. The fourth-order valence-electron chi connectivity index (χ4n) is 4.19. The maximum absolute atomic E-state index is 13.3. The third kappa shape index (κ3) is 4.26. The summed E-state index contributed by atoms with van der Waals surface area (Å²) in [6, 6.07) is 2.04. The Bertz CT molecular complexity index is 810. The first-order valence-electron chi connectivity index (χ1n) is 10.1. The molecule has 2 saturated heterocycles. The molecule has 2 aliphatic heterocycles. The van der Waals surface area contributed by atoms with Gasteiger partial charge in [-0.05, 0) is 69.2 Å². The van der Waals surface area contributed by atoms with Crippen molar-refractivity contribution in [3.05, 3.63) is 28.3 Å². The molecule has 0 saturated carbocycles. The Kier molecular flexibility index (Phi) is 6.47. The molecule has 28 heavy (non-hydrogen) atoms. The molecular formula is C21H32N2O4S. The summed E-state index contributed by atoms with van der Waals surface area (Å²) in [6.45, 7) is 10.6. The number of amides is 1. The zero-order chi connectivity index (χ0) is 20.5. The number of hydrogen-bond acceptors (Lipinski definition) is 4. The molecule has 6 nitrogen and oxygen atoms in total. The Morgan fingerprint density at radius 3 is 2.25 bits per heavy atom. The smallest absolute Gasteiger partial charge is 0.243 e. The molecule has 7 heteroatoms. The molecule has 2 fully saturated rings. The minimum Gasteiger partial charge on any atom is -0.381 e. The van der Waals surface area contributed by atoms with Crippen molar-refractivity contribution in [3.8, 4) is 0 Å². The summed E-state index contributed by atoms with van der Waals surface area (Å²) in [4.78, 5) is 12.9. The summed E-state index contributed by atoms with van der Waals surface area (Å²) in [5.41, 5.74) is 3.63. The molecule has 0 aliphatic carbocycles. The molecule has 1 aromatic rings. The maximum Gasteiger partial charge on any atom is 0.243 e. The molecule has 3 rings (SSSR count). The highest BCUT2D eigenvalue weighted by atomic mass is 32.2. The van der Waals surface area contributed by atoms with E-state index in [1.807, 2.05) is 33.8 Å². The number of hydrogen-bond donors (Lipinski definition) is 1. The SMILES string of the molecule is Cc1cc(C)c(C)c(S(=O)(=O)N2CCC(C(=O)NCC3CCOC3)CC2)c1C. The lowest BCUT2D eigenvalue weighted by atomic mass is 9.97. The number of piperidine rings is 1. The van der Waals surface area contributed by atoms with Crippen LogP contribution >= 0.6 is 0 Å². The largest absolute Gasteiger partial charge is 0.381 e. The van der Waals surface area contributed by atoms with Crippen molar-refractivity contribution in [2.24, 2.45) is 11.8 Å². The van der Waals surface area contributed by atoms with Crippen LogP contribution in [0, 0.1) is 39.5 Å². The van der Waals surface area contributed by atoms with E-state index < -0.39 is 10.0 Å². The van der Waals surface area contributed by atoms with Crippen LogP contribution in [0.1, 0.15) is 41.5 Å². The predicted octanol–water partition coefficient (Wildman–Crippen LogP) is 2.47. The van der Waals surface area contributed by atoms with E-state index in [0.29, 0.717) is 49.9 Å². The number of rotatable bonds is 5. The van der Waals surface area contributed by atoms with Gasteiger partial charge in [-0.2, -0.15) is 4.31 Å². The summed E-state index contributed by atoms with van der Waals surface area (Å²) < 4.78 is 33.5. The number of aryl methyl sites for hydroxylation is 2. The van der Waals surface area contributed by atoms with E-state index in [1.165, 1.54) is 0 Å². The van der Waals surface area contributed by atoms with Gasteiger partial charge in [0.05, 0.1) is 11.5 Å². The highest BCUT2D eigenvalue weighted by Gasteiger charge is 2.34. The summed E-state index contributed by atoms with van der Waals surface area (Å²) in [6.07, 6.45) is 2.12. The van der Waals surface area contributed by atoms with E-state index in [9.17, 15) is 13.2 Å². The van der Waals surface area contributed by atoms with Gasteiger partial charge in [0.15, 0.2) is 0 Å². The predicted molar refractivity (Wildman–Crippen MR) is 109 cm³/mol. The minimum absolute atomic E-state index is 0.0442. The van der Waals surface area contributed by atoms with Gasteiger partial charge < -0.3 is 10.1 Å². The molecule has 0 radical (unpaired) electrons. The van der Waals surface area contributed by atoms with Crippen molar-refractivity contribution < 1.29 is 17.9 Å². The molecule has 2 heterocycles. The third-order valence-corrected chi connectivity index (χ3v) is 8.48. The van der Waals surface area contributed by atoms with Crippen LogP contribution in [0.4, 0.5) is 0 Å². The van der Waals surface area contributed by atoms with Gasteiger partial charge in [-0.15, -0.1) is 0 Å². The van der Waals surface area contributed by atoms with Gasteiger partial charge in [0.25, 0.3) is 0 Å². The van der Waals surface area contributed by atoms with E-state index in [1.54, 1.807) is 4.31 Å². The Morgan fingerprint density at radius 1 is 1.11 bits per heavy atom. The second-order valence-corrected chi connectivity index (χ2v) is 10.1. The topological polar surface area (TPSA) is 75.7 Å². The van der Waals surface area contributed by atoms with Crippen LogP contribution in [0.5, 0.6) is 0 Å². The lowest BCUT2D eigenvalue weighted by Crippen LogP contribution is -2.44. The lowest BCUT2D eigenvalue weighted by Gasteiger charge is -2.32. The van der Waals surface area contributed by atoms with Crippen molar-refractivity contribution >= 4 is 15.9 Å². The zero-order valence-electron chi connectivity index (χ0n) is 17.4. The molecule has 1 N–H and O–H groups in total. The highest BCUT2D eigenvalue weighted by Crippen LogP contribution is 2.31. The van der Waals surface area contributed by atoms with Gasteiger partial charge in [-0.3, -0.25) is 4.79 Å². The number of sulfonamides is 1. The zero-order valence-corrected chi connectivity index (χ0v) is 18.2. The van der Waals surface area contributed by atoms with Crippen LogP contribution in [-0.2, 0) is 19.6 Å². The molecule has 1 unspecified atom stereocenters. The van der Waals surface area contributed by atoms with Crippen molar-refractivity contribution in [1.29, 1.82) is 0 Å². The fourth-order valence-corrected chi connectivity index (χ4v) is 6.23. The molecule has 1 aromatic carbocycles. The van der Waals surface area contributed by atoms with E-state index in [-0.39, 0.29) is 11.8 Å². The van der Waals surface area contributed by atoms with E-state index >= 15 is 0 Å². The molecule has 0 bridgehead atoms. The van der Waals surface area contributed by atoms with Crippen LogP contribution < -0.4 is 5.32 Å². The standard InChI is InChI=1S/C21H32N2O4S/c1-14-11-15(2)17(4)20(16(14)3)28(25,26)23-8-5-19(6-9-23)21(24)22-12-18-7-10-27-13-18/h11,18-19H,5-10,12-13H2,1-4H3,(H,22,24). The van der Waals surface area contributed by atoms with Gasteiger partial charge in [0.1, 0.15) is 0 Å².